The minimum Gasteiger partial charge on any atom is -0.392 e. The van der Waals surface area contributed by atoms with Crippen LogP contribution in [0.4, 0.5) is 0 Å². The first-order valence-electron chi connectivity index (χ1n) is 5.15. The van der Waals surface area contributed by atoms with Crippen LogP contribution in [0.3, 0.4) is 0 Å². The van der Waals surface area contributed by atoms with E-state index in [9.17, 15) is 10.2 Å². The lowest BCUT2D eigenvalue weighted by Crippen LogP contribution is -2.20. The lowest BCUT2D eigenvalue weighted by molar-refractivity contribution is 0.116. The van der Waals surface area contributed by atoms with Crippen LogP contribution in [0.25, 0.3) is 0 Å². The Hall–Kier alpha value is -0.520. The van der Waals surface area contributed by atoms with E-state index >= 15 is 0 Å². The first-order chi connectivity index (χ1) is 6.22. The normalized spacial score (nSPS) is 16.0. The zero-order chi connectivity index (χ0) is 11.4. The van der Waals surface area contributed by atoms with Gasteiger partial charge in [-0.3, -0.25) is 0 Å². The molecule has 2 unspecified atom stereocenters. The Kier molecular flexibility index (Phi) is 5.18. The average molecular weight is 198 g/mol. The molecule has 0 fully saturated rings. The number of aliphatic hydroxyl groups excluding tert-OH is 1. The van der Waals surface area contributed by atoms with Gasteiger partial charge in [-0.05, 0) is 33.1 Å². The fourth-order valence-corrected chi connectivity index (χ4v) is 1.07. The highest BCUT2D eigenvalue weighted by atomic mass is 16.3. The number of hydrogen-bond donors (Lipinski definition) is 2. The topological polar surface area (TPSA) is 40.5 Å². The molecule has 2 nitrogen and oxygen atoms in total. The van der Waals surface area contributed by atoms with Crippen molar-refractivity contribution >= 4 is 0 Å². The van der Waals surface area contributed by atoms with Crippen LogP contribution >= 0.6 is 0 Å². The van der Waals surface area contributed by atoms with Gasteiger partial charge in [-0.2, -0.15) is 0 Å². The van der Waals surface area contributed by atoms with Gasteiger partial charge in [0.25, 0.3) is 0 Å². The third-order valence-corrected chi connectivity index (χ3v) is 1.90. The molecule has 2 heteroatoms. The van der Waals surface area contributed by atoms with Gasteiger partial charge in [0, 0.05) is 5.92 Å². The molecule has 0 spiro atoms. The Bertz CT molecular complexity index is 215. The summed E-state index contributed by atoms with van der Waals surface area (Å²) in [6.45, 7) is 9.30. The Morgan fingerprint density at radius 3 is 2.07 bits per heavy atom. The summed E-state index contributed by atoms with van der Waals surface area (Å²) < 4.78 is 0. The van der Waals surface area contributed by atoms with Crippen molar-refractivity contribution in [3.63, 3.8) is 0 Å². The highest BCUT2D eigenvalue weighted by molar-refractivity contribution is 5.13. The zero-order valence-corrected chi connectivity index (χ0v) is 9.83. The van der Waals surface area contributed by atoms with E-state index < -0.39 is 11.7 Å². The quantitative estimate of drug-likeness (QED) is 0.679. The molecule has 0 aliphatic rings. The Labute approximate surface area is 87.3 Å². The third-order valence-electron chi connectivity index (χ3n) is 1.90. The van der Waals surface area contributed by atoms with Crippen molar-refractivity contribution in [1.82, 2.24) is 0 Å². The van der Waals surface area contributed by atoms with Gasteiger partial charge in [-0.25, -0.2) is 0 Å². The molecule has 0 rings (SSSR count). The van der Waals surface area contributed by atoms with Crippen LogP contribution in [0.15, 0.2) is 0 Å². The summed E-state index contributed by atoms with van der Waals surface area (Å²) in [5.41, 5.74) is -0.966. The van der Waals surface area contributed by atoms with Crippen LogP contribution in [0, 0.1) is 23.7 Å². The minimum atomic E-state index is -0.966. The molecule has 0 aliphatic carbocycles. The molecule has 0 bridgehead atoms. The average Bonchev–Trinajstić information content (AvgIpc) is 1.97. The smallest absolute Gasteiger partial charge is 0.119 e. The molecule has 82 valence electrons. The van der Waals surface area contributed by atoms with Gasteiger partial charge >= 0.3 is 0 Å². The molecule has 0 aromatic rings. The van der Waals surface area contributed by atoms with Crippen LogP contribution in [-0.4, -0.2) is 21.9 Å². The van der Waals surface area contributed by atoms with Crippen LogP contribution in [-0.2, 0) is 0 Å². The Morgan fingerprint density at radius 1 is 1.21 bits per heavy atom. The molecule has 0 amide bonds. The first-order valence-corrected chi connectivity index (χ1v) is 5.15. The Morgan fingerprint density at radius 2 is 1.71 bits per heavy atom. The molecule has 2 N–H and O–H groups in total. The predicted octanol–water partition coefficient (Wildman–Crippen LogP) is 1.80. The van der Waals surface area contributed by atoms with Crippen molar-refractivity contribution < 1.29 is 10.2 Å². The highest BCUT2D eigenvalue weighted by Crippen LogP contribution is 2.12. The van der Waals surface area contributed by atoms with Crippen molar-refractivity contribution in [2.24, 2.45) is 11.8 Å². The summed E-state index contributed by atoms with van der Waals surface area (Å²) >= 11 is 0. The summed E-state index contributed by atoms with van der Waals surface area (Å²) in [7, 11) is 0. The van der Waals surface area contributed by atoms with E-state index in [1.165, 1.54) is 0 Å². The van der Waals surface area contributed by atoms with E-state index in [1.807, 2.05) is 6.92 Å². The van der Waals surface area contributed by atoms with Crippen molar-refractivity contribution in [3.05, 3.63) is 0 Å². The van der Waals surface area contributed by atoms with Gasteiger partial charge in [-0.1, -0.05) is 25.7 Å². The van der Waals surface area contributed by atoms with Crippen molar-refractivity contribution in [2.45, 2.75) is 52.7 Å². The van der Waals surface area contributed by atoms with E-state index in [4.69, 9.17) is 0 Å². The van der Waals surface area contributed by atoms with Gasteiger partial charge in [0.05, 0.1) is 6.10 Å². The van der Waals surface area contributed by atoms with Crippen molar-refractivity contribution in [3.8, 4) is 11.8 Å². The lowest BCUT2D eigenvalue weighted by atomic mass is 9.95. The van der Waals surface area contributed by atoms with Gasteiger partial charge in [0.1, 0.15) is 5.60 Å². The second kappa shape index (κ2) is 5.38. The van der Waals surface area contributed by atoms with Crippen LogP contribution < -0.4 is 0 Å². The van der Waals surface area contributed by atoms with Gasteiger partial charge < -0.3 is 10.2 Å². The van der Waals surface area contributed by atoms with Crippen LogP contribution in [0.2, 0.25) is 0 Å². The van der Waals surface area contributed by atoms with Crippen molar-refractivity contribution in [1.29, 1.82) is 0 Å². The molecule has 2 atom stereocenters. The number of rotatable bonds is 3. The van der Waals surface area contributed by atoms with E-state index in [0.29, 0.717) is 5.92 Å². The number of aliphatic hydroxyl groups is 2. The minimum absolute atomic E-state index is 0.0798. The summed E-state index contributed by atoms with van der Waals surface area (Å²) in [4.78, 5) is 0. The standard InChI is InChI=1S/C12H22O2/c1-9(2)8-11(13)10(3)6-7-12(4,5)14/h9-11,13-14H,8H2,1-5H3. The second-order valence-electron chi connectivity index (χ2n) is 4.81. The van der Waals surface area contributed by atoms with Crippen LogP contribution in [0.5, 0.6) is 0 Å². The van der Waals surface area contributed by atoms with Gasteiger partial charge in [-0.15, -0.1) is 0 Å². The van der Waals surface area contributed by atoms with E-state index in [2.05, 4.69) is 25.7 Å². The highest BCUT2D eigenvalue weighted by Gasteiger charge is 2.14. The molecule has 0 heterocycles. The van der Waals surface area contributed by atoms with Gasteiger partial charge in [0.2, 0.25) is 0 Å². The first kappa shape index (κ1) is 13.5. The fourth-order valence-electron chi connectivity index (χ4n) is 1.07. The molecule has 0 aliphatic heterocycles. The molecule has 14 heavy (non-hydrogen) atoms. The van der Waals surface area contributed by atoms with E-state index in [1.54, 1.807) is 13.8 Å². The summed E-state index contributed by atoms with van der Waals surface area (Å²) in [5.74, 6) is 5.99. The summed E-state index contributed by atoms with van der Waals surface area (Å²) in [6, 6.07) is 0. The third kappa shape index (κ3) is 6.94. The predicted molar refractivity (Wildman–Crippen MR) is 58.7 cm³/mol. The van der Waals surface area contributed by atoms with Gasteiger partial charge in [0.15, 0.2) is 0 Å². The molecule has 0 saturated carbocycles. The summed E-state index contributed by atoms with van der Waals surface area (Å²) in [6.07, 6.45) is 0.353. The maximum absolute atomic E-state index is 9.70. The number of hydrogen-bond acceptors (Lipinski definition) is 2. The molecular formula is C12H22O2. The molecular weight excluding hydrogens is 176 g/mol. The molecule has 0 aromatic carbocycles. The SMILES string of the molecule is CC(C)CC(O)C(C)C#CC(C)(C)O. The maximum atomic E-state index is 9.70. The lowest BCUT2D eigenvalue weighted by Gasteiger charge is -2.16. The van der Waals surface area contributed by atoms with Crippen molar-refractivity contribution in [2.75, 3.05) is 0 Å². The molecule has 0 saturated heterocycles. The summed E-state index contributed by atoms with van der Waals surface area (Å²) in [5, 5.41) is 19.1. The second-order valence-corrected chi connectivity index (χ2v) is 4.81. The van der Waals surface area contributed by atoms with E-state index in [0.717, 1.165) is 6.42 Å². The van der Waals surface area contributed by atoms with Crippen LogP contribution in [0.1, 0.15) is 41.0 Å². The largest absolute Gasteiger partial charge is 0.392 e. The monoisotopic (exact) mass is 198 g/mol. The Balaban J connectivity index is 4.18. The van der Waals surface area contributed by atoms with E-state index in [-0.39, 0.29) is 5.92 Å². The zero-order valence-electron chi connectivity index (χ0n) is 9.83. The molecule has 0 aromatic heterocycles. The fraction of sp³-hybridized carbons (Fsp3) is 0.833. The maximum Gasteiger partial charge on any atom is 0.119 e. The molecule has 0 radical (unpaired) electrons.